The fourth-order valence-electron chi connectivity index (χ4n) is 2.53. The highest BCUT2D eigenvalue weighted by molar-refractivity contribution is 6.34. The first-order chi connectivity index (χ1) is 11.5. The van der Waals surface area contributed by atoms with Crippen LogP contribution in [0.5, 0.6) is 0 Å². The highest BCUT2D eigenvalue weighted by Gasteiger charge is 2.27. The quantitative estimate of drug-likeness (QED) is 0.894. The maximum atomic E-state index is 11.9. The number of pyridine rings is 1. The van der Waals surface area contributed by atoms with Crippen molar-refractivity contribution in [3.05, 3.63) is 47.1 Å². The van der Waals surface area contributed by atoms with E-state index in [1.165, 1.54) is 12.3 Å². The molecule has 0 bridgehead atoms. The van der Waals surface area contributed by atoms with Crippen LogP contribution in [0.15, 0.2) is 36.5 Å². The molecule has 0 radical (unpaired) electrons. The van der Waals surface area contributed by atoms with Gasteiger partial charge >= 0.3 is 5.97 Å². The predicted octanol–water partition coefficient (Wildman–Crippen LogP) is 3.86. The van der Waals surface area contributed by atoms with Crippen LogP contribution in [0.3, 0.4) is 0 Å². The van der Waals surface area contributed by atoms with Crippen LogP contribution in [-0.2, 0) is 4.79 Å². The number of anilines is 1. The minimum Gasteiger partial charge on any atom is -0.478 e. The number of benzene rings is 1. The number of carbonyl (C=O) groups excluding carboxylic acids is 1. The zero-order valence-corrected chi connectivity index (χ0v) is 14.0. The molecule has 0 saturated heterocycles. The van der Waals surface area contributed by atoms with E-state index in [1.807, 2.05) is 12.1 Å². The first-order valence-corrected chi connectivity index (χ1v) is 8.11. The van der Waals surface area contributed by atoms with E-state index in [0.717, 1.165) is 18.4 Å². The smallest absolute Gasteiger partial charge is 0.337 e. The van der Waals surface area contributed by atoms with Crippen molar-refractivity contribution < 1.29 is 14.7 Å². The third-order valence-electron chi connectivity index (χ3n) is 4.06. The van der Waals surface area contributed by atoms with Crippen molar-refractivity contribution >= 4 is 29.2 Å². The van der Waals surface area contributed by atoms with Gasteiger partial charge in [-0.05, 0) is 43.0 Å². The molecule has 2 aromatic rings. The van der Waals surface area contributed by atoms with Gasteiger partial charge in [0.05, 0.1) is 22.0 Å². The zero-order chi connectivity index (χ0) is 17.3. The molecule has 3 rings (SSSR count). The van der Waals surface area contributed by atoms with Crippen LogP contribution in [0.1, 0.15) is 30.1 Å². The molecule has 0 unspecified atom stereocenters. The molecule has 1 aliphatic rings. The van der Waals surface area contributed by atoms with Gasteiger partial charge in [0.1, 0.15) is 0 Å². The molecule has 1 aromatic carbocycles. The monoisotopic (exact) mass is 344 g/mol. The SMILES string of the molecule is CC(=O)N(CC1CC1)c1ccc(-c2ccc(C(=O)O)cn2)cc1Cl. The topological polar surface area (TPSA) is 70.5 Å². The Balaban J connectivity index is 1.88. The molecule has 1 aliphatic carbocycles. The summed E-state index contributed by atoms with van der Waals surface area (Å²) in [7, 11) is 0. The maximum absolute atomic E-state index is 11.9. The lowest BCUT2D eigenvalue weighted by Crippen LogP contribution is -2.30. The fraction of sp³-hybridized carbons (Fsp3) is 0.278. The highest BCUT2D eigenvalue weighted by Crippen LogP contribution is 2.35. The Hall–Kier alpha value is -2.40. The second-order valence-electron chi connectivity index (χ2n) is 5.98. The average molecular weight is 345 g/mol. The summed E-state index contributed by atoms with van der Waals surface area (Å²) in [6.07, 6.45) is 3.62. The number of halogens is 1. The number of hydrogen-bond acceptors (Lipinski definition) is 3. The number of carbonyl (C=O) groups is 2. The van der Waals surface area contributed by atoms with Crippen LogP contribution in [0, 0.1) is 5.92 Å². The first-order valence-electron chi connectivity index (χ1n) is 7.73. The molecule has 124 valence electrons. The standard InChI is InChI=1S/C18H17ClN2O3/c1-11(22)21(10-12-2-3-12)17-7-5-13(8-15(17)19)16-6-4-14(9-20-16)18(23)24/h4-9,12H,2-3,10H2,1H3,(H,23,24). The summed E-state index contributed by atoms with van der Waals surface area (Å²) in [5.74, 6) is -0.477. The molecule has 0 atom stereocenters. The average Bonchev–Trinajstić information content (AvgIpc) is 3.37. The molecule has 1 amide bonds. The van der Waals surface area contributed by atoms with E-state index in [-0.39, 0.29) is 11.5 Å². The summed E-state index contributed by atoms with van der Waals surface area (Å²) in [6.45, 7) is 2.23. The van der Waals surface area contributed by atoms with Gasteiger partial charge in [-0.1, -0.05) is 17.7 Å². The van der Waals surface area contributed by atoms with Gasteiger partial charge in [0.15, 0.2) is 0 Å². The molecule has 1 N–H and O–H groups in total. The van der Waals surface area contributed by atoms with Crippen molar-refractivity contribution in [1.29, 1.82) is 0 Å². The molecule has 6 heteroatoms. The Labute approximate surface area is 144 Å². The number of hydrogen-bond donors (Lipinski definition) is 1. The van der Waals surface area contributed by atoms with Crippen LogP contribution in [0.4, 0.5) is 5.69 Å². The van der Waals surface area contributed by atoms with Crippen LogP contribution in [-0.4, -0.2) is 28.5 Å². The van der Waals surface area contributed by atoms with Gasteiger partial charge in [0.2, 0.25) is 5.91 Å². The zero-order valence-electron chi connectivity index (χ0n) is 13.2. The molecular weight excluding hydrogens is 328 g/mol. The van der Waals surface area contributed by atoms with Gasteiger partial charge in [-0.2, -0.15) is 0 Å². The van der Waals surface area contributed by atoms with Gasteiger partial charge in [-0.3, -0.25) is 9.78 Å². The van der Waals surface area contributed by atoms with Crippen LogP contribution in [0.2, 0.25) is 5.02 Å². The largest absolute Gasteiger partial charge is 0.478 e. The number of rotatable bonds is 5. The Bertz CT molecular complexity index is 785. The summed E-state index contributed by atoms with van der Waals surface area (Å²) in [4.78, 5) is 28.7. The number of carboxylic acid groups (broad SMARTS) is 1. The first kappa shape index (κ1) is 16.5. The van der Waals surface area contributed by atoms with E-state index in [1.54, 1.807) is 24.0 Å². The molecule has 1 saturated carbocycles. The molecular formula is C18H17ClN2O3. The predicted molar refractivity (Wildman–Crippen MR) is 92.4 cm³/mol. The number of aromatic nitrogens is 1. The number of nitrogens with zero attached hydrogens (tertiary/aromatic N) is 2. The van der Waals surface area contributed by atoms with E-state index in [0.29, 0.717) is 28.9 Å². The van der Waals surface area contributed by atoms with Crippen molar-refractivity contribution in [2.45, 2.75) is 19.8 Å². The summed E-state index contributed by atoms with van der Waals surface area (Å²) in [5.41, 5.74) is 2.23. The lowest BCUT2D eigenvalue weighted by molar-refractivity contribution is -0.116. The number of aromatic carboxylic acids is 1. The van der Waals surface area contributed by atoms with E-state index in [2.05, 4.69) is 4.98 Å². The van der Waals surface area contributed by atoms with E-state index < -0.39 is 5.97 Å². The number of carboxylic acids is 1. The molecule has 0 spiro atoms. The van der Waals surface area contributed by atoms with Crippen LogP contribution >= 0.6 is 11.6 Å². The van der Waals surface area contributed by atoms with E-state index in [4.69, 9.17) is 16.7 Å². The molecule has 1 aromatic heterocycles. The highest BCUT2D eigenvalue weighted by atomic mass is 35.5. The van der Waals surface area contributed by atoms with Crippen molar-refractivity contribution in [2.75, 3.05) is 11.4 Å². The van der Waals surface area contributed by atoms with Crippen molar-refractivity contribution in [1.82, 2.24) is 4.98 Å². The number of amides is 1. The Kier molecular flexibility index (Phi) is 4.53. The molecule has 5 nitrogen and oxygen atoms in total. The second kappa shape index (κ2) is 6.61. The third-order valence-corrected chi connectivity index (χ3v) is 4.37. The molecule has 1 fully saturated rings. The lowest BCUT2D eigenvalue weighted by Gasteiger charge is -2.22. The van der Waals surface area contributed by atoms with Gasteiger partial charge < -0.3 is 10.0 Å². The minimum absolute atomic E-state index is 0.0273. The summed E-state index contributed by atoms with van der Waals surface area (Å²) >= 11 is 6.39. The molecule has 1 heterocycles. The normalized spacial score (nSPS) is 13.6. The van der Waals surface area contributed by atoms with E-state index >= 15 is 0 Å². The minimum atomic E-state index is -1.01. The molecule has 0 aliphatic heterocycles. The van der Waals surface area contributed by atoms with Crippen molar-refractivity contribution in [2.24, 2.45) is 5.92 Å². The summed E-state index contributed by atoms with van der Waals surface area (Å²) in [6, 6.07) is 8.55. The summed E-state index contributed by atoms with van der Waals surface area (Å²) in [5, 5.41) is 9.40. The van der Waals surface area contributed by atoms with Crippen molar-refractivity contribution in [3.63, 3.8) is 0 Å². The summed E-state index contributed by atoms with van der Waals surface area (Å²) < 4.78 is 0. The Morgan fingerprint density at radius 1 is 1.29 bits per heavy atom. The van der Waals surface area contributed by atoms with Gasteiger partial charge in [-0.25, -0.2) is 4.79 Å². The van der Waals surface area contributed by atoms with Crippen molar-refractivity contribution in [3.8, 4) is 11.3 Å². The van der Waals surface area contributed by atoms with Crippen LogP contribution in [0.25, 0.3) is 11.3 Å². The van der Waals surface area contributed by atoms with Gasteiger partial charge in [-0.15, -0.1) is 0 Å². The second-order valence-corrected chi connectivity index (χ2v) is 6.38. The lowest BCUT2D eigenvalue weighted by atomic mass is 10.1. The molecule has 24 heavy (non-hydrogen) atoms. The maximum Gasteiger partial charge on any atom is 0.337 e. The Morgan fingerprint density at radius 2 is 2.04 bits per heavy atom. The fourth-order valence-corrected chi connectivity index (χ4v) is 2.81. The van der Waals surface area contributed by atoms with Gasteiger partial charge in [0, 0.05) is 25.2 Å². The van der Waals surface area contributed by atoms with E-state index in [9.17, 15) is 9.59 Å². The third kappa shape index (κ3) is 3.57. The van der Waals surface area contributed by atoms with Gasteiger partial charge in [0.25, 0.3) is 0 Å². The Morgan fingerprint density at radius 3 is 2.54 bits per heavy atom. The van der Waals surface area contributed by atoms with Crippen LogP contribution < -0.4 is 4.90 Å².